The fourth-order valence-corrected chi connectivity index (χ4v) is 10.7. The molecule has 16 heteroatoms. The Balaban J connectivity index is 1.13. The Morgan fingerprint density at radius 3 is 2.70 bits per heavy atom. The lowest BCUT2D eigenvalue weighted by Crippen LogP contribution is -2.60. The summed E-state index contributed by atoms with van der Waals surface area (Å²) >= 11 is 0. The fraction of sp³-hybridized carbons (Fsp3) is 0.489. The molecule has 0 aliphatic carbocycles. The number of hydrogen-bond donors (Lipinski definition) is 0. The molecule has 0 amide bonds. The third-order valence-corrected chi connectivity index (χ3v) is 13.3. The summed E-state index contributed by atoms with van der Waals surface area (Å²) in [6.07, 6.45) is 9.10. The molecule has 10 rings (SSSR count). The molecule has 8 heterocycles. The van der Waals surface area contributed by atoms with Crippen molar-refractivity contribution in [2.45, 2.75) is 115 Å². The molecule has 4 saturated heterocycles. The Morgan fingerprint density at radius 2 is 1.92 bits per heavy atom. The van der Waals surface area contributed by atoms with Gasteiger partial charge in [0.05, 0.1) is 34.8 Å². The number of benzene rings is 2. The molecule has 0 N–H and O–H groups in total. The van der Waals surface area contributed by atoms with E-state index in [-0.39, 0.29) is 64.2 Å². The number of nitrogens with zero attached hydrogens (tertiary/aromatic N) is 6. The molecule has 2 aromatic carbocycles. The predicted molar refractivity (Wildman–Crippen MR) is 217 cm³/mol. The van der Waals surface area contributed by atoms with Gasteiger partial charge in [0.2, 0.25) is 0 Å². The average Bonchev–Trinajstić information content (AvgIpc) is 3.93. The minimum Gasteiger partial charge on any atom is -0.461 e. The smallest absolute Gasteiger partial charge is 0.461 e. The second-order valence-corrected chi connectivity index (χ2v) is 17.3. The van der Waals surface area contributed by atoms with Gasteiger partial charge in [0, 0.05) is 48.6 Å². The lowest BCUT2D eigenvalue weighted by atomic mass is 9.92. The Bertz CT molecular complexity index is 2700. The van der Waals surface area contributed by atoms with Crippen LogP contribution in [0.25, 0.3) is 32.9 Å². The first kappa shape index (κ1) is 39.5. The summed E-state index contributed by atoms with van der Waals surface area (Å²) in [5, 5.41) is 1.04. The van der Waals surface area contributed by atoms with Gasteiger partial charge in [-0.1, -0.05) is 12.0 Å². The highest BCUT2D eigenvalue weighted by atomic mass is 19.1. The summed E-state index contributed by atoms with van der Waals surface area (Å²) in [6.45, 7) is 7.27. The fourth-order valence-electron chi connectivity index (χ4n) is 10.7. The molecule has 0 saturated carbocycles. The summed E-state index contributed by atoms with van der Waals surface area (Å²) in [6, 6.07) is 5.62. The number of terminal acetylenes is 1. The molecule has 0 unspecified atom stereocenters. The van der Waals surface area contributed by atoms with E-state index in [1.807, 2.05) is 0 Å². The van der Waals surface area contributed by atoms with E-state index in [4.69, 9.17) is 44.4 Å². The lowest BCUT2D eigenvalue weighted by molar-refractivity contribution is 0.0729. The molecular weight excluding hydrogens is 794 g/mol. The van der Waals surface area contributed by atoms with E-state index in [1.54, 1.807) is 20.8 Å². The molecule has 0 spiro atoms. The van der Waals surface area contributed by atoms with Crippen molar-refractivity contribution in [1.82, 2.24) is 24.8 Å². The highest BCUT2D eigenvalue weighted by Gasteiger charge is 2.50. The third kappa shape index (κ3) is 6.77. The van der Waals surface area contributed by atoms with Crippen LogP contribution in [0.2, 0.25) is 0 Å². The van der Waals surface area contributed by atoms with Crippen LogP contribution in [0.5, 0.6) is 11.8 Å². The monoisotopic (exact) mass is 838 g/mol. The number of ether oxygens (including phenoxy) is 3. The Labute approximate surface area is 349 Å². The topological polar surface area (TPSA) is 136 Å². The number of carbonyl (C=O) groups is 1. The van der Waals surface area contributed by atoms with Crippen LogP contribution in [0.15, 0.2) is 37.9 Å². The van der Waals surface area contributed by atoms with Crippen molar-refractivity contribution < 1.29 is 41.0 Å². The summed E-state index contributed by atoms with van der Waals surface area (Å²) in [4.78, 5) is 46.3. The highest BCUT2D eigenvalue weighted by molar-refractivity contribution is 6.04. The van der Waals surface area contributed by atoms with Crippen LogP contribution in [0.4, 0.5) is 23.8 Å². The standard InChI is InChI=1S/C45H45F3N6O7/c1-5-29-31(47)12-10-25-16-28(60-43(55)58-23(2)3)17-30(36(25)29)39-38(48)40-37-32(49-39)8-6-9-33-34-13-11-27(53(34)21-35-24(4)59-44(56)61-35)20-54(33)41(37)51-42(50-40)57-22-45-14-7-15-52(45)19-26(46)18-45/h1,10,12,16-17,23,26-27,33-34H,6-9,11,13-15,18-22H2,2-4H3/t26-,27-,33-,34+,45+/m1/s1. The molecule has 5 aliphatic heterocycles. The maximum Gasteiger partial charge on any atom is 0.519 e. The van der Waals surface area contributed by atoms with Gasteiger partial charge in [-0.2, -0.15) is 9.97 Å². The van der Waals surface area contributed by atoms with Gasteiger partial charge in [-0.3, -0.25) is 9.80 Å². The third-order valence-electron chi connectivity index (χ3n) is 13.3. The minimum absolute atomic E-state index is 0.0169. The van der Waals surface area contributed by atoms with Gasteiger partial charge < -0.3 is 27.9 Å². The number of anilines is 1. The number of piperazine rings is 1. The van der Waals surface area contributed by atoms with E-state index in [2.05, 4.69) is 20.6 Å². The van der Waals surface area contributed by atoms with Gasteiger partial charge in [0.15, 0.2) is 11.6 Å². The zero-order valence-electron chi connectivity index (χ0n) is 34.1. The second kappa shape index (κ2) is 15.1. The zero-order valence-corrected chi connectivity index (χ0v) is 34.1. The number of carbonyl (C=O) groups excluding carboxylic acids is 1. The van der Waals surface area contributed by atoms with Crippen LogP contribution in [0, 0.1) is 30.9 Å². The van der Waals surface area contributed by atoms with Crippen molar-refractivity contribution in [1.29, 1.82) is 0 Å². The van der Waals surface area contributed by atoms with Gasteiger partial charge >= 0.3 is 18.0 Å². The first-order chi connectivity index (χ1) is 29.4. The summed E-state index contributed by atoms with van der Waals surface area (Å²) in [7, 11) is 0. The Hall–Kier alpha value is -5.66. The predicted octanol–water partition coefficient (Wildman–Crippen LogP) is 7.40. The quantitative estimate of drug-likeness (QED) is 0.0874. The highest BCUT2D eigenvalue weighted by Crippen LogP contribution is 2.46. The van der Waals surface area contributed by atoms with Crippen LogP contribution in [0.3, 0.4) is 0 Å². The Morgan fingerprint density at radius 1 is 1.07 bits per heavy atom. The molecule has 3 aromatic heterocycles. The summed E-state index contributed by atoms with van der Waals surface area (Å²) in [5.74, 6) is 1.65. The first-order valence-electron chi connectivity index (χ1n) is 21.0. The summed E-state index contributed by atoms with van der Waals surface area (Å²) < 4.78 is 76.0. The van der Waals surface area contributed by atoms with Gasteiger partial charge in [0.1, 0.15) is 47.1 Å². The number of fused-ring (bicyclic) bond motifs is 7. The molecule has 0 radical (unpaired) electrons. The van der Waals surface area contributed by atoms with Crippen LogP contribution in [-0.2, 0) is 17.7 Å². The van der Waals surface area contributed by atoms with Crippen molar-refractivity contribution in [3.63, 3.8) is 0 Å². The Kier molecular flexibility index (Phi) is 9.74. The van der Waals surface area contributed by atoms with Crippen molar-refractivity contribution in [2.24, 2.45) is 0 Å². The van der Waals surface area contributed by atoms with Crippen LogP contribution in [-0.4, -0.2) is 93.1 Å². The second-order valence-electron chi connectivity index (χ2n) is 17.3. The van der Waals surface area contributed by atoms with Crippen LogP contribution >= 0.6 is 0 Å². The van der Waals surface area contributed by atoms with Gasteiger partial charge in [-0.05, 0) is 95.8 Å². The van der Waals surface area contributed by atoms with E-state index in [0.717, 1.165) is 38.6 Å². The van der Waals surface area contributed by atoms with Crippen molar-refractivity contribution in [3.05, 3.63) is 69.3 Å². The van der Waals surface area contributed by atoms with Crippen molar-refractivity contribution in [3.8, 4) is 35.4 Å². The maximum absolute atomic E-state index is 17.8. The molecule has 5 aromatic rings. The molecule has 4 fully saturated rings. The van der Waals surface area contributed by atoms with Crippen LogP contribution < -0.4 is 20.2 Å². The number of pyridine rings is 1. The summed E-state index contributed by atoms with van der Waals surface area (Å²) in [5.41, 5.74) is -0.197. The average molecular weight is 839 g/mol. The van der Waals surface area contributed by atoms with Gasteiger partial charge in [-0.25, -0.2) is 27.7 Å². The number of aryl methyl sites for hydroxylation is 2. The molecule has 13 nitrogen and oxygen atoms in total. The molecule has 5 aliphatic rings. The van der Waals surface area contributed by atoms with E-state index < -0.39 is 41.4 Å². The van der Waals surface area contributed by atoms with Crippen LogP contribution in [0.1, 0.15) is 81.6 Å². The van der Waals surface area contributed by atoms with E-state index in [1.165, 1.54) is 24.3 Å². The molecule has 5 atom stereocenters. The van der Waals surface area contributed by atoms with E-state index >= 15 is 8.78 Å². The minimum atomic E-state index is -0.977. The SMILES string of the molecule is C#Cc1c(F)ccc2cc(OC(=O)OC(C)C)cc(-c3nc4c5c(nc(OC[C@@]67CCCN6C[C@H](F)C7)nc5c3F)N3C[C@H]5CC[C@@H]([C@H]3CCC4)N5Cc3oc(=O)oc3C)c12. The maximum atomic E-state index is 17.8. The largest absolute Gasteiger partial charge is 0.519 e. The molecular formula is C45H45F3N6O7. The number of hydrogen-bond acceptors (Lipinski definition) is 13. The van der Waals surface area contributed by atoms with Gasteiger partial charge in [0.25, 0.3) is 0 Å². The van der Waals surface area contributed by atoms with Crippen molar-refractivity contribution in [2.75, 3.05) is 31.1 Å². The van der Waals surface area contributed by atoms with Crippen molar-refractivity contribution >= 4 is 33.6 Å². The number of aromatic nitrogens is 3. The first-order valence-corrected chi connectivity index (χ1v) is 21.0. The number of rotatable bonds is 8. The van der Waals surface area contributed by atoms with E-state index in [0.29, 0.717) is 72.7 Å². The van der Waals surface area contributed by atoms with Gasteiger partial charge in [-0.15, -0.1) is 6.42 Å². The molecule has 2 bridgehead atoms. The van der Waals surface area contributed by atoms with E-state index in [9.17, 15) is 14.0 Å². The number of alkyl halides is 1. The lowest BCUT2D eigenvalue weighted by Gasteiger charge is -2.48. The molecule has 318 valence electrons. The normalized spacial score (nSPS) is 24.8. The number of halogens is 3. The zero-order chi connectivity index (χ0) is 42.3. The molecule has 61 heavy (non-hydrogen) atoms.